The standard InChI is InChI=1S/C18H23NO/c1-12-15-5-3-4-6-16(15)20-17(12)13(2)19-11-18(9-10-18)14-7-8-14/h3-6,13-14,19H,7-11H2,1-2H3. The lowest BCUT2D eigenvalue weighted by Gasteiger charge is -2.19. The third-order valence-electron chi connectivity index (χ3n) is 5.37. The van der Waals surface area contributed by atoms with E-state index in [9.17, 15) is 0 Å². The van der Waals surface area contributed by atoms with Crippen LogP contribution in [0.25, 0.3) is 11.0 Å². The number of furan rings is 1. The number of para-hydroxylation sites is 1. The highest BCUT2D eigenvalue weighted by molar-refractivity contribution is 5.82. The molecule has 0 amide bonds. The first kappa shape index (κ1) is 12.5. The van der Waals surface area contributed by atoms with Crippen molar-refractivity contribution in [1.29, 1.82) is 0 Å². The number of hydrogen-bond donors (Lipinski definition) is 1. The predicted octanol–water partition coefficient (Wildman–Crippen LogP) is 4.58. The van der Waals surface area contributed by atoms with Crippen molar-refractivity contribution in [3.8, 4) is 0 Å². The molecule has 1 heterocycles. The molecule has 2 fully saturated rings. The highest BCUT2D eigenvalue weighted by Crippen LogP contribution is 2.61. The number of rotatable bonds is 5. The van der Waals surface area contributed by atoms with Gasteiger partial charge in [0.05, 0.1) is 6.04 Å². The van der Waals surface area contributed by atoms with Gasteiger partial charge >= 0.3 is 0 Å². The molecule has 0 spiro atoms. The average Bonchev–Trinajstić information content (AvgIpc) is 3.35. The molecule has 4 rings (SSSR count). The Kier molecular flexibility index (Phi) is 2.71. The molecule has 2 aromatic rings. The van der Waals surface area contributed by atoms with Gasteiger partial charge in [-0.15, -0.1) is 0 Å². The maximum atomic E-state index is 6.06. The zero-order valence-corrected chi connectivity index (χ0v) is 12.4. The number of hydrogen-bond acceptors (Lipinski definition) is 2. The molecule has 2 nitrogen and oxygen atoms in total. The fraction of sp³-hybridized carbons (Fsp3) is 0.556. The van der Waals surface area contributed by atoms with Gasteiger partial charge in [0.1, 0.15) is 11.3 Å². The summed E-state index contributed by atoms with van der Waals surface area (Å²) in [6.45, 7) is 5.57. The summed E-state index contributed by atoms with van der Waals surface area (Å²) in [7, 11) is 0. The van der Waals surface area contributed by atoms with Crippen LogP contribution in [-0.4, -0.2) is 6.54 Å². The third kappa shape index (κ3) is 1.98. The van der Waals surface area contributed by atoms with Crippen LogP contribution in [0.2, 0.25) is 0 Å². The van der Waals surface area contributed by atoms with Crippen molar-refractivity contribution in [3.05, 3.63) is 35.6 Å². The number of nitrogens with one attached hydrogen (secondary N) is 1. The summed E-state index contributed by atoms with van der Waals surface area (Å²) in [6, 6.07) is 8.64. The highest BCUT2D eigenvalue weighted by Gasteiger charge is 2.53. The largest absolute Gasteiger partial charge is 0.459 e. The lowest BCUT2D eigenvalue weighted by Crippen LogP contribution is -2.28. The van der Waals surface area contributed by atoms with Crippen molar-refractivity contribution in [2.75, 3.05) is 6.54 Å². The van der Waals surface area contributed by atoms with Gasteiger partial charge in [0.15, 0.2) is 0 Å². The Hall–Kier alpha value is -1.28. The lowest BCUT2D eigenvalue weighted by atomic mass is 10.00. The van der Waals surface area contributed by atoms with E-state index in [2.05, 4.69) is 37.4 Å². The Balaban J connectivity index is 1.51. The predicted molar refractivity (Wildman–Crippen MR) is 81.8 cm³/mol. The van der Waals surface area contributed by atoms with E-state index in [4.69, 9.17) is 4.42 Å². The normalized spacial score (nSPS) is 22.1. The van der Waals surface area contributed by atoms with Crippen molar-refractivity contribution in [1.82, 2.24) is 5.32 Å². The van der Waals surface area contributed by atoms with Gasteiger partial charge in [0, 0.05) is 11.9 Å². The molecule has 2 heteroatoms. The first-order chi connectivity index (χ1) is 9.70. The molecule has 2 aliphatic carbocycles. The Labute approximate surface area is 120 Å². The number of fused-ring (bicyclic) bond motifs is 1. The van der Waals surface area contributed by atoms with E-state index in [-0.39, 0.29) is 0 Å². The summed E-state index contributed by atoms with van der Waals surface area (Å²) in [5.41, 5.74) is 2.95. The minimum atomic E-state index is 0.304. The summed E-state index contributed by atoms with van der Waals surface area (Å²) in [4.78, 5) is 0. The quantitative estimate of drug-likeness (QED) is 0.859. The minimum Gasteiger partial charge on any atom is -0.459 e. The second kappa shape index (κ2) is 4.36. The molecule has 20 heavy (non-hydrogen) atoms. The number of aryl methyl sites for hydroxylation is 1. The zero-order valence-electron chi connectivity index (χ0n) is 12.4. The van der Waals surface area contributed by atoms with Crippen LogP contribution < -0.4 is 5.32 Å². The molecule has 0 bridgehead atoms. The van der Waals surface area contributed by atoms with E-state index in [0.29, 0.717) is 11.5 Å². The van der Waals surface area contributed by atoms with Gasteiger partial charge in [0.25, 0.3) is 0 Å². The van der Waals surface area contributed by atoms with E-state index in [1.165, 1.54) is 36.6 Å². The molecule has 1 atom stereocenters. The molecule has 0 aliphatic heterocycles. The summed E-state index contributed by atoms with van der Waals surface area (Å²) in [6.07, 6.45) is 5.77. The van der Waals surface area contributed by atoms with E-state index >= 15 is 0 Å². The molecule has 1 unspecified atom stereocenters. The molecule has 1 N–H and O–H groups in total. The van der Waals surface area contributed by atoms with Crippen LogP contribution in [-0.2, 0) is 0 Å². The van der Waals surface area contributed by atoms with Gasteiger partial charge in [-0.1, -0.05) is 18.2 Å². The van der Waals surface area contributed by atoms with Crippen LogP contribution in [0.4, 0.5) is 0 Å². The van der Waals surface area contributed by atoms with E-state index < -0.39 is 0 Å². The van der Waals surface area contributed by atoms with Crippen molar-refractivity contribution >= 4 is 11.0 Å². The summed E-state index contributed by atoms with van der Waals surface area (Å²) >= 11 is 0. The summed E-state index contributed by atoms with van der Waals surface area (Å²) < 4.78 is 6.06. The second-order valence-electron chi connectivity index (χ2n) is 6.83. The molecule has 0 radical (unpaired) electrons. The molecule has 1 aromatic heterocycles. The van der Waals surface area contributed by atoms with Crippen molar-refractivity contribution in [2.45, 2.75) is 45.6 Å². The van der Waals surface area contributed by atoms with Crippen LogP contribution in [0, 0.1) is 18.3 Å². The SMILES string of the molecule is Cc1c(C(C)NCC2(C3CC3)CC2)oc2ccccc12. The monoisotopic (exact) mass is 269 g/mol. The summed E-state index contributed by atoms with van der Waals surface area (Å²) in [5, 5.41) is 4.98. The highest BCUT2D eigenvalue weighted by atomic mass is 16.3. The van der Waals surface area contributed by atoms with Gasteiger partial charge in [-0.25, -0.2) is 0 Å². The molecule has 0 saturated heterocycles. The molecular formula is C18H23NO. The lowest BCUT2D eigenvalue weighted by molar-refractivity contribution is 0.359. The maximum absolute atomic E-state index is 6.06. The van der Waals surface area contributed by atoms with Gasteiger partial charge < -0.3 is 9.73 Å². The Morgan fingerprint density at radius 1 is 1.30 bits per heavy atom. The first-order valence-corrected chi connectivity index (χ1v) is 7.91. The number of benzene rings is 1. The second-order valence-corrected chi connectivity index (χ2v) is 6.83. The zero-order chi connectivity index (χ0) is 13.7. The Morgan fingerprint density at radius 2 is 2.05 bits per heavy atom. The van der Waals surface area contributed by atoms with Crippen LogP contribution >= 0.6 is 0 Å². The fourth-order valence-electron chi connectivity index (χ4n) is 3.64. The van der Waals surface area contributed by atoms with Crippen LogP contribution in [0.3, 0.4) is 0 Å². The molecule has 2 saturated carbocycles. The van der Waals surface area contributed by atoms with Gasteiger partial charge in [-0.05, 0) is 62.5 Å². The van der Waals surface area contributed by atoms with Gasteiger partial charge in [-0.2, -0.15) is 0 Å². The molecular weight excluding hydrogens is 246 g/mol. The van der Waals surface area contributed by atoms with Crippen LogP contribution in [0.15, 0.2) is 28.7 Å². The molecule has 2 aliphatic rings. The van der Waals surface area contributed by atoms with E-state index in [1.54, 1.807) is 0 Å². The molecule has 106 valence electrons. The van der Waals surface area contributed by atoms with E-state index in [1.807, 2.05) is 6.07 Å². The Bertz CT molecular complexity index is 634. The first-order valence-electron chi connectivity index (χ1n) is 7.91. The van der Waals surface area contributed by atoms with Crippen molar-refractivity contribution < 1.29 is 4.42 Å². The van der Waals surface area contributed by atoms with Crippen molar-refractivity contribution in [3.63, 3.8) is 0 Å². The summed E-state index contributed by atoms with van der Waals surface area (Å²) in [5.74, 6) is 2.12. The average molecular weight is 269 g/mol. The maximum Gasteiger partial charge on any atom is 0.134 e. The Morgan fingerprint density at radius 3 is 2.70 bits per heavy atom. The van der Waals surface area contributed by atoms with E-state index in [0.717, 1.165) is 23.8 Å². The van der Waals surface area contributed by atoms with Gasteiger partial charge in [-0.3, -0.25) is 0 Å². The van der Waals surface area contributed by atoms with Crippen molar-refractivity contribution in [2.24, 2.45) is 11.3 Å². The van der Waals surface area contributed by atoms with Crippen LogP contribution in [0.5, 0.6) is 0 Å². The van der Waals surface area contributed by atoms with Gasteiger partial charge in [0.2, 0.25) is 0 Å². The third-order valence-corrected chi connectivity index (χ3v) is 5.37. The molecule has 1 aromatic carbocycles. The van der Waals surface area contributed by atoms with Crippen LogP contribution in [0.1, 0.15) is 50.0 Å². The smallest absolute Gasteiger partial charge is 0.134 e. The minimum absolute atomic E-state index is 0.304. The fourth-order valence-corrected chi connectivity index (χ4v) is 3.64. The topological polar surface area (TPSA) is 25.2 Å².